The van der Waals surface area contributed by atoms with Crippen molar-refractivity contribution in [1.29, 1.82) is 0 Å². The van der Waals surface area contributed by atoms with Crippen LogP contribution in [0.2, 0.25) is 0 Å². The van der Waals surface area contributed by atoms with E-state index in [0.29, 0.717) is 23.7 Å². The van der Waals surface area contributed by atoms with E-state index in [4.69, 9.17) is 9.73 Å². The number of benzene rings is 1. The van der Waals surface area contributed by atoms with Crippen LogP contribution in [0.3, 0.4) is 0 Å². The van der Waals surface area contributed by atoms with Crippen LogP contribution in [-0.4, -0.2) is 18.4 Å². The molecule has 1 aromatic rings. The van der Waals surface area contributed by atoms with Crippen molar-refractivity contribution in [2.75, 3.05) is 0 Å². The molecule has 2 nitrogen and oxygen atoms in total. The van der Waals surface area contributed by atoms with Crippen LogP contribution in [0.25, 0.3) is 0 Å². The van der Waals surface area contributed by atoms with Crippen molar-refractivity contribution < 1.29 is 4.74 Å². The van der Waals surface area contributed by atoms with Gasteiger partial charge >= 0.3 is 0 Å². The van der Waals surface area contributed by atoms with Crippen molar-refractivity contribution in [2.24, 2.45) is 16.8 Å². The van der Waals surface area contributed by atoms with Gasteiger partial charge in [-0.05, 0) is 73.3 Å². The summed E-state index contributed by atoms with van der Waals surface area (Å²) in [7, 11) is 0. The van der Waals surface area contributed by atoms with E-state index in [-0.39, 0.29) is 12.1 Å². The predicted molar refractivity (Wildman–Crippen MR) is 146 cm³/mol. The fraction of sp³-hybridized carbons (Fsp3) is 0.424. The largest absolute Gasteiger partial charge is 0.485 e. The number of hydrogen-bond donors (Lipinski definition) is 0. The third-order valence-electron chi connectivity index (χ3n) is 8.24. The van der Waals surface area contributed by atoms with Crippen LogP contribution in [0.5, 0.6) is 5.75 Å². The molecule has 6 rings (SSSR count). The number of fused-ring (bicyclic) bond motifs is 3. The first-order chi connectivity index (χ1) is 17.2. The smallest absolute Gasteiger partial charge is 0.133 e. The zero-order valence-electron chi connectivity index (χ0n) is 21.1. The molecule has 0 bridgehead atoms. The number of allylic oxidation sites excluding steroid dienone is 9. The molecule has 0 N–H and O–H groups in total. The van der Waals surface area contributed by atoms with Gasteiger partial charge in [-0.25, -0.2) is 0 Å². The molecule has 0 aromatic heterocycles. The first-order valence-electron chi connectivity index (χ1n) is 13.6. The van der Waals surface area contributed by atoms with E-state index in [1.165, 1.54) is 47.1 Å². The summed E-state index contributed by atoms with van der Waals surface area (Å²) in [4.78, 5) is 4.87. The zero-order chi connectivity index (χ0) is 23.8. The van der Waals surface area contributed by atoms with E-state index in [2.05, 4.69) is 86.7 Å². The third-order valence-corrected chi connectivity index (χ3v) is 8.24. The molecule has 180 valence electrons. The topological polar surface area (TPSA) is 21.6 Å². The number of rotatable bonds is 5. The Hall–Kier alpha value is -2.87. The summed E-state index contributed by atoms with van der Waals surface area (Å²) in [5.74, 6) is 3.07. The first kappa shape index (κ1) is 22.6. The van der Waals surface area contributed by atoms with Crippen LogP contribution in [0.15, 0.2) is 94.6 Å². The van der Waals surface area contributed by atoms with Crippen molar-refractivity contribution in [1.82, 2.24) is 0 Å². The standard InChI is InChI=1S/C33H37NO/c1-22(2)19-23-17-18-34-31(20-23)30-10-6-9-29-28-16-15-27(21-32(28)35-33(29)30)26-13-11-25(12-14-26)24-7-4-3-5-8-24/h4,6-7,9-13,15-18,21-22,24,26,29,31,33H,3,5,8,14,19-20H2,1-2H3. The summed E-state index contributed by atoms with van der Waals surface area (Å²) in [6.45, 7) is 4.58. The molecule has 3 aliphatic carbocycles. The highest BCUT2D eigenvalue weighted by molar-refractivity contribution is 5.74. The molecular formula is C33H37NO. The second kappa shape index (κ2) is 9.64. The Morgan fingerprint density at radius 2 is 2.03 bits per heavy atom. The molecule has 0 radical (unpaired) electrons. The van der Waals surface area contributed by atoms with E-state index in [9.17, 15) is 0 Å². The Morgan fingerprint density at radius 1 is 1.09 bits per heavy atom. The maximum atomic E-state index is 6.68. The third kappa shape index (κ3) is 4.56. The Balaban J connectivity index is 1.17. The molecule has 5 atom stereocenters. The molecule has 5 aliphatic rings. The van der Waals surface area contributed by atoms with Gasteiger partial charge in [-0.1, -0.05) is 80.2 Å². The quantitative estimate of drug-likeness (QED) is 0.404. The van der Waals surface area contributed by atoms with Crippen LogP contribution >= 0.6 is 0 Å². The summed E-state index contributed by atoms with van der Waals surface area (Å²) >= 11 is 0. The van der Waals surface area contributed by atoms with Crippen LogP contribution in [0.1, 0.15) is 75.3 Å². The number of aliphatic imine (C=N–C) groups is 1. The van der Waals surface area contributed by atoms with E-state index >= 15 is 0 Å². The Bertz CT molecular complexity index is 1190. The summed E-state index contributed by atoms with van der Waals surface area (Å²) in [6.07, 6.45) is 30.1. The molecule has 0 fully saturated rings. The van der Waals surface area contributed by atoms with E-state index < -0.39 is 0 Å². The van der Waals surface area contributed by atoms with Crippen LogP contribution in [0.4, 0.5) is 0 Å². The van der Waals surface area contributed by atoms with Gasteiger partial charge in [0.05, 0.1) is 6.04 Å². The normalized spacial score (nSPS) is 30.9. The molecule has 0 saturated heterocycles. The molecule has 2 aliphatic heterocycles. The number of nitrogens with zero attached hydrogens (tertiary/aromatic N) is 1. The van der Waals surface area contributed by atoms with Crippen molar-refractivity contribution in [3.8, 4) is 5.75 Å². The first-order valence-corrected chi connectivity index (χ1v) is 13.6. The minimum Gasteiger partial charge on any atom is -0.485 e. The summed E-state index contributed by atoms with van der Waals surface area (Å²) in [5.41, 5.74) is 7.01. The van der Waals surface area contributed by atoms with Gasteiger partial charge in [0.25, 0.3) is 0 Å². The minimum absolute atomic E-state index is 0.0669. The SMILES string of the molecule is CC(C)CC1=CC=NC(C2=CC=CC3c4ccc(C5C=CC(C6C=CCCC6)=CC5)cc4OC23)C1. The summed E-state index contributed by atoms with van der Waals surface area (Å²) in [6, 6.07) is 7.14. The van der Waals surface area contributed by atoms with E-state index in [0.717, 1.165) is 25.0 Å². The maximum Gasteiger partial charge on any atom is 0.133 e. The lowest BCUT2D eigenvalue weighted by Gasteiger charge is -2.29. The number of ether oxygens (including phenoxy) is 1. The predicted octanol–water partition coefficient (Wildman–Crippen LogP) is 8.17. The van der Waals surface area contributed by atoms with Crippen LogP contribution in [-0.2, 0) is 0 Å². The van der Waals surface area contributed by atoms with Gasteiger partial charge < -0.3 is 4.74 Å². The van der Waals surface area contributed by atoms with E-state index in [1.54, 1.807) is 0 Å². The van der Waals surface area contributed by atoms with Crippen LogP contribution in [0, 0.1) is 11.8 Å². The lowest BCUT2D eigenvalue weighted by molar-refractivity contribution is 0.246. The van der Waals surface area contributed by atoms with Gasteiger partial charge in [0.2, 0.25) is 0 Å². The van der Waals surface area contributed by atoms with Gasteiger partial charge in [0.1, 0.15) is 11.9 Å². The second-order valence-electron chi connectivity index (χ2n) is 11.2. The molecule has 5 unspecified atom stereocenters. The van der Waals surface area contributed by atoms with Crippen molar-refractivity contribution in [3.63, 3.8) is 0 Å². The highest BCUT2D eigenvalue weighted by Crippen LogP contribution is 2.47. The van der Waals surface area contributed by atoms with Crippen LogP contribution < -0.4 is 4.74 Å². The molecule has 0 saturated carbocycles. The molecule has 0 spiro atoms. The van der Waals surface area contributed by atoms with Crippen molar-refractivity contribution in [3.05, 3.63) is 101 Å². The Morgan fingerprint density at radius 3 is 2.83 bits per heavy atom. The van der Waals surface area contributed by atoms with Gasteiger partial charge in [0.15, 0.2) is 0 Å². The monoisotopic (exact) mass is 463 g/mol. The molecular weight excluding hydrogens is 426 g/mol. The molecule has 0 amide bonds. The lowest BCUT2D eigenvalue weighted by Crippen LogP contribution is -2.30. The van der Waals surface area contributed by atoms with Gasteiger partial charge in [-0.3, -0.25) is 4.99 Å². The molecule has 2 heterocycles. The summed E-state index contributed by atoms with van der Waals surface area (Å²) < 4.78 is 6.68. The van der Waals surface area contributed by atoms with Gasteiger partial charge in [-0.2, -0.15) is 0 Å². The lowest BCUT2D eigenvalue weighted by atomic mass is 9.80. The zero-order valence-corrected chi connectivity index (χ0v) is 21.1. The fourth-order valence-electron chi connectivity index (χ4n) is 6.44. The number of dihydropyridines is 1. The second-order valence-corrected chi connectivity index (χ2v) is 11.2. The van der Waals surface area contributed by atoms with Crippen molar-refractivity contribution >= 4 is 6.21 Å². The average molecular weight is 464 g/mol. The number of hydrogen-bond acceptors (Lipinski definition) is 2. The summed E-state index contributed by atoms with van der Waals surface area (Å²) in [5, 5.41) is 0. The van der Waals surface area contributed by atoms with Gasteiger partial charge in [0, 0.05) is 29.5 Å². The maximum absolute atomic E-state index is 6.68. The average Bonchev–Trinajstić information content (AvgIpc) is 3.27. The molecule has 2 heteroatoms. The highest BCUT2D eigenvalue weighted by Gasteiger charge is 2.39. The Kier molecular flexibility index (Phi) is 6.22. The fourth-order valence-corrected chi connectivity index (χ4v) is 6.44. The van der Waals surface area contributed by atoms with Crippen molar-refractivity contribution in [2.45, 2.75) is 76.4 Å². The van der Waals surface area contributed by atoms with Gasteiger partial charge in [-0.15, -0.1) is 0 Å². The molecule has 35 heavy (non-hydrogen) atoms. The van der Waals surface area contributed by atoms with E-state index in [1.807, 2.05) is 6.21 Å². The highest BCUT2D eigenvalue weighted by atomic mass is 16.5. The molecule has 1 aromatic carbocycles. The minimum atomic E-state index is 0.0669. The Labute approximate surface area is 210 Å².